The van der Waals surface area contributed by atoms with Crippen molar-refractivity contribution < 1.29 is 9.18 Å². The first-order valence-corrected chi connectivity index (χ1v) is 6.15. The number of nitrogens with zero attached hydrogens (tertiary/aromatic N) is 2. The van der Waals surface area contributed by atoms with E-state index in [1.807, 2.05) is 6.92 Å². The van der Waals surface area contributed by atoms with Gasteiger partial charge in [0, 0.05) is 17.1 Å². The van der Waals surface area contributed by atoms with Crippen LogP contribution in [0.5, 0.6) is 0 Å². The number of halogens is 2. The van der Waals surface area contributed by atoms with Crippen molar-refractivity contribution in [1.82, 2.24) is 15.2 Å². The van der Waals surface area contributed by atoms with E-state index in [0.29, 0.717) is 12.2 Å². The summed E-state index contributed by atoms with van der Waals surface area (Å²) in [6, 6.07) is 3.77. The Kier molecular flexibility index (Phi) is 4.11. The number of carbonyl (C=O) groups excluding carboxylic acids is 1. The van der Waals surface area contributed by atoms with E-state index in [4.69, 9.17) is 11.6 Å². The van der Waals surface area contributed by atoms with E-state index >= 15 is 0 Å². The van der Waals surface area contributed by atoms with E-state index in [1.165, 1.54) is 12.1 Å². The van der Waals surface area contributed by atoms with Gasteiger partial charge < -0.3 is 5.32 Å². The van der Waals surface area contributed by atoms with Crippen LogP contribution in [-0.4, -0.2) is 21.1 Å². The van der Waals surface area contributed by atoms with Crippen molar-refractivity contribution in [2.45, 2.75) is 19.8 Å². The normalized spacial score (nSPS) is 10.5. The number of carbonyl (C=O) groups is 1. The van der Waals surface area contributed by atoms with Gasteiger partial charge in [-0.1, -0.05) is 18.5 Å². The third-order valence-corrected chi connectivity index (χ3v) is 2.56. The molecule has 0 fully saturated rings. The highest BCUT2D eigenvalue weighted by Gasteiger charge is 2.13. The Labute approximate surface area is 114 Å². The Hall–Kier alpha value is -1.95. The van der Waals surface area contributed by atoms with Gasteiger partial charge >= 0.3 is 0 Å². The lowest BCUT2D eigenvalue weighted by atomic mass is 10.3. The summed E-state index contributed by atoms with van der Waals surface area (Å²) in [5.74, 6) is -0.376. The molecule has 2 N–H and O–H groups in total. The number of rotatable bonds is 4. The lowest BCUT2D eigenvalue weighted by Crippen LogP contribution is -2.14. The quantitative estimate of drug-likeness (QED) is 0.906. The summed E-state index contributed by atoms with van der Waals surface area (Å²) in [7, 11) is 0. The molecule has 2 aromatic rings. The molecule has 0 saturated carbocycles. The predicted octanol–water partition coefficient (Wildman–Crippen LogP) is 2.80. The molecule has 1 amide bonds. The summed E-state index contributed by atoms with van der Waals surface area (Å²) in [4.78, 5) is 15.9. The smallest absolute Gasteiger partial charge is 0.295 e. The van der Waals surface area contributed by atoms with Crippen LogP contribution in [0.15, 0.2) is 18.2 Å². The van der Waals surface area contributed by atoms with Crippen LogP contribution in [-0.2, 0) is 6.42 Å². The Morgan fingerprint density at radius 1 is 1.47 bits per heavy atom. The number of hydrogen-bond acceptors (Lipinski definition) is 3. The fourth-order valence-corrected chi connectivity index (χ4v) is 1.78. The zero-order valence-corrected chi connectivity index (χ0v) is 11.0. The van der Waals surface area contributed by atoms with Crippen LogP contribution in [0, 0.1) is 5.82 Å². The fraction of sp³-hybridized carbons (Fsp3) is 0.250. The molecule has 0 aliphatic rings. The van der Waals surface area contributed by atoms with E-state index in [-0.39, 0.29) is 16.5 Å². The molecule has 7 heteroatoms. The molecular formula is C12H12ClFN4O. The third-order valence-electron chi connectivity index (χ3n) is 2.34. The molecule has 5 nitrogen and oxygen atoms in total. The highest BCUT2D eigenvalue weighted by atomic mass is 35.5. The van der Waals surface area contributed by atoms with Gasteiger partial charge in [0.1, 0.15) is 11.6 Å². The van der Waals surface area contributed by atoms with Crippen molar-refractivity contribution in [3.8, 4) is 0 Å². The zero-order valence-electron chi connectivity index (χ0n) is 10.2. The van der Waals surface area contributed by atoms with Crippen LogP contribution >= 0.6 is 11.6 Å². The number of anilines is 1. The van der Waals surface area contributed by atoms with Gasteiger partial charge in [-0.3, -0.25) is 9.89 Å². The molecule has 0 radical (unpaired) electrons. The van der Waals surface area contributed by atoms with Crippen molar-refractivity contribution in [3.63, 3.8) is 0 Å². The number of amides is 1. The second-order valence-corrected chi connectivity index (χ2v) is 4.40. The minimum Gasteiger partial charge on any atom is -0.319 e. The second kappa shape index (κ2) is 5.79. The molecule has 1 aromatic heterocycles. The lowest BCUT2D eigenvalue weighted by molar-refractivity contribution is 0.101. The molecule has 19 heavy (non-hydrogen) atoms. The Bertz CT molecular complexity index is 579. The number of aromatic amines is 1. The number of nitrogens with one attached hydrogen (secondary N) is 2. The molecule has 100 valence electrons. The Morgan fingerprint density at radius 3 is 2.95 bits per heavy atom. The van der Waals surface area contributed by atoms with Crippen molar-refractivity contribution in [2.24, 2.45) is 0 Å². The SMILES string of the molecule is CCCc1nc(C(=O)Nc2cc(F)cc(Cl)c2)n[nH]1. The Balaban J connectivity index is 2.11. The highest BCUT2D eigenvalue weighted by Crippen LogP contribution is 2.18. The zero-order chi connectivity index (χ0) is 13.8. The van der Waals surface area contributed by atoms with Crippen LogP contribution in [0.2, 0.25) is 5.02 Å². The largest absolute Gasteiger partial charge is 0.319 e. The minimum atomic E-state index is -0.524. The molecule has 0 unspecified atom stereocenters. The molecular weight excluding hydrogens is 271 g/mol. The van der Waals surface area contributed by atoms with Crippen LogP contribution in [0.3, 0.4) is 0 Å². The third kappa shape index (κ3) is 3.51. The second-order valence-electron chi connectivity index (χ2n) is 3.97. The van der Waals surface area contributed by atoms with Crippen LogP contribution in [0.25, 0.3) is 0 Å². The lowest BCUT2D eigenvalue weighted by Gasteiger charge is -2.03. The van der Waals surface area contributed by atoms with E-state index in [1.54, 1.807) is 0 Å². The van der Waals surface area contributed by atoms with Gasteiger partial charge in [0.15, 0.2) is 0 Å². The standard InChI is InChI=1S/C12H12ClFN4O/c1-2-3-10-16-11(18-17-10)12(19)15-9-5-7(13)4-8(14)6-9/h4-6H,2-3H2,1H3,(H,15,19)(H,16,17,18). The van der Waals surface area contributed by atoms with Gasteiger partial charge in [0.2, 0.25) is 5.82 Å². The van der Waals surface area contributed by atoms with Gasteiger partial charge in [-0.15, -0.1) is 5.10 Å². The molecule has 1 aromatic carbocycles. The number of hydrogen-bond donors (Lipinski definition) is 2. The maximum absolute atomic E-state index is 13.1. The summed E-state index contributed by atoms with van der Waals surface area (Å²) in [5, 5.41) is 9.17. The van der Waals surface area contributed by atoms with Crippen LogP contribution < -0.4 is 5.32 Å². The molecule has 0 aliphatic heterocycles. The highest BCUT2D eigenvalue weighted by molar-refractivity contribution is 6.31. The first kappa shape index (κ1) is 13.5. The summed E-state index contributed by atoms with van der Waals surface area (Å²) in [6.07, 6.45) is 1.61. The maximum Gasteiger partial charge on any atom is 0.295 e. The van der Waals surface area contributed by atoms with Crippen LogP contribution in [0.4, 0.5) is 10.1 Å². The Morgan fingerprint density at radius 2 is 2.26 bits per heavy atom. The van der Waals surface area contributed by atoms with E-state index in [9.17, 15) is 9.18 Å². The fourth-order valence-electron chi connectivity index (χ4n) is 1.56. The summed E-state index contributed by atoms with van der Waals surface area (Å²) >= 11 is 5.70. The van der Waals surface area contributed by atoms with Crippen molar-refractivity contribution in [1.29, 1.82) is 0 Å². The van der Waals surface area contributed by atoms with E-state index in [2.05, 4.69) is 20.5 Å². The van der Waals surface area contributed by atoms with Gasteiger partial charge in [-0.25, -0.2) is 9.37 Å². The van der Waals surface area contributed by atoms with Gasteiger partial charge in [-0.2, -0.15) is 0 Å². The summed E-state index contributed by atoms with van der Waals surface area (Å²) < 4.78 is 13.1. The molecule has 0 bridgehead atoms. The minimum absolute atomic E-state index is 0.0174. The predicted molar refractivity (Wildman–Crippen MR) is 69.7 cm³/mol. The van der Waals surface area contributed by atoms with Crippen molar-refractivity contribution >= 4 is 23.2 Å². The molecule has 0 atom stereocenters. The van der Waals surface area contributed by atoms with E-state index < -0.39 is 11.7 Å². The first-order chi connectivity index (χ1) is 9.08. The van der Waals surface area contributed by atoms with Gasteiger partial charge in [0.05, 0.1) is 0 Å². The summed E-state index contributed by atoms with van der Waals surface area (Å²) in [5.41, 5.74) is 0.261. The maximum atomic E-state index is 13.1. The number of H-pyrrole nitrogens is 1. The van der Waals surface area contributed by atoms with Crippen molar-refractivity contribution in [2.75, 3.05) is 5.32 Å². The van der Waals surface area contributed by atoms with Gasteiger partial charge in [-0.05, 0) is 24.6 Å². The van der Waals surface area contributed by atoms with E-state index in [0.717, 1.165) is 12.5 Å². The van der Waals surface area contributed by atoms with Crippen LogP contribution in [0.1, 0.15) is 29.8 Å². The number of aromatic nitrogens is 3. The monoisotopic (exact) mass is 282 g/mol. The molecule has 2 rings (SSSR count). The van der Waals surface area contributed by atoms with Gasteiger partial charge in [0.25, 0.3) is 5.91 Å². The van der Waals surface area contributed by atoms with Crippen molar-refractivity contribution in [3.05, 3.63) is 40.7 Å². The first-order valence-electron chi connectivity index (χ1n) is 5.77. The molecule has 0 saturated heterocycles. The topological polar surface area (TPSA) is 70.7 Å². The number of aryl methyl sites for hydroxylation is 1. The average molecular weight is 283 g/mol. The number of benzene rings is 1. The average Bonchev–Trinajstić information content (AvgIpc) is 2.76. The molecule has 1 heterocycles. The summed E-state index contributed by atoms with van der Waals surface area (Å²) in [6.45, 7) is 2.00. The molecule has 0 aliphatic carbocycles. The molecule has 0 spiro atoms.